The van der Waals surface area contributed by atoms with E-state index in [0.717, 1.165) is 47.3 Å². The third-order valence-corrected chi connectivity index (χ3v) is 13.1. The predicted molar refractivity (Wildman–Crippen MR) is 129 cm³/mol. The largest absolute Gasteiger partial charge is 0.381 e. The average Bonchev–Trinajstić information content (AvgIpc) is 3.52. The van der Waals surface area contributed by atoms with Crippen LogP contribution < -0.4 is 0 Å². The molecule has 0 aromatic rings. The molecule has 0 unspecified atom stereocenters. The molecule has 0 aromatic carbocycles. The Kier molecular flexibility index (Phi) is 4.55. The summed E-state index contributed by atoms with van der Waals surface area (Å²) in [5.41, 5.74) is 5.27. The Balaban J connectivity index is 1.22. The SMILES string of the molecule is CO[C@@H]1C[C@H]2[C@@H]3CC[C@H]([C@H](C)C[C@@H]4C(C)=C4C(C)C)[C@@]3(C)CC[C@@H]2[C@@]2(C)CC[C@@H]3C[C@]312. The molecule has 1 spiro atoms. The van der Waals surface area contributed by atoms with Gasteiger partial charge in [0.25, 0.3) is 0 Å². The van der Waals surface area contributed by atoms with Gasteiger partial charge in [-0.2, -0.15) is 0 Å². The quantitative estimate of drug-likeness (QED) is 0.408. The van der Waals surface area contributed by atoms with Crippen LogP contribution in [0.25, 0.3) is 0 Å². The fraction of sp³-hybridized carbons (Fsp3) is 0.933. The van der Waals surface area contributed by atoms with E-state index in [0.29, 0.717) is 22.3 Å². The number of methoxy groups -OCH3 is 1. The van der Waals surface area contributed by atoms with Crippen molar-refractivity contribution >= 4 is 0 Å². The standard InChI is InChI=1S/C30H48O/c1-17(2)27-19(4)21(27)14-18(3)23-8-9-24-22-15-26(31-7)30-16-20(30)10-13-29(30,6)25(22)11-12-28(23,24)5/h17-18,20-26H,8-16H2,1-7H3/t18-,20-,21-,22+,23-,24+,25+,26-,28-,29-,30+/m1/s1. The second kappa shape index (κ2) is 6.64. The molecule has 174 valence electrons. The molecule has 0 aromatic heterocycles. The van der Waals surface area contributed by atoms with E-state index in [1.54, 1.807) is 11.1 Å². The molecule has 0 bridgehead atoms. The lowest BCUT2D eigenvalue weighted by molar-refractivity contribution is -0.161. The van der Waals surface area contributed by atoms with E-state index >= 15 is 0 Å². The summed E-state index contributed by atoms with van der Waals surface area (Å²) in [7, 11) is 2.03. The summed E-state index contributed by atoms with van der Waals surface area (Å²) in [6, 6.07) is 0. The summed E-state index contributed by atoms with van der Waals surface area (Å²) in [6.45, 7) is 15.3. The Morgan fingerprint density at radius 3 is 2.42 bits per heavy atom. The lowest BCUT2D eigenvalue weighted by atomic mass is 9.45. The third kappa shape index (κ3) is 2.54. The molecule has 5 saturated carbocycles. The first kappa shape index (κ1) is 21.2. The number of hydrogen-bond acceptors (Lipinski definition) is 1. The van der Waals surface area contributed by atoms with Crippen molar-refractivity contribution in [2.75, 3.05) is 7.11 Å². The van der Waals surface area contributed by atoms with E-state index in [1.807, 2.05) is 7.11 Å². The Bertz CT molecular complexity index is 794. The second-order valence-electron chi connectivity index (χ2n) is 14.0. The maximum absolute atomic E-state index is 6.32. The maximum atomic E-state index is 6.32. The second-order valence-corrected chi connectivity index (χ2v) is 14.0. The summed E-state index contributed by atoms with van der Waals surface area (Å²) in [5, 5.41) is 0. The van der Waals surface area contributed by atoms with Crippen molar-refractivity contribution in [2.45, 2.75) is 105 Å². The molecule has 0 saturated heterocycles. The van der Waals surface area contributed by atoms with Crippen LogP contribution in [0.2, 0.25) is 0 Å². The molecule has 0 radical (unpaired) electrons. The molecule has 0 heterocycles. The van der Waals surface area contributed by atoms with Crippen molar-refractivity contribution in [3.8, 4) is 0 Å². The van der Waals surface area contributed by atoms with Gasteiger partial charge in [0.15, 0.2) is 0 Å². The highest BCUT2D eigenvalue weighted by Gasteiger charge is 2.77. The Morgan fingerprint density at radius 2 is 1.77 bits per heavy atom. The zero-order valence-corrected chi connectivity index (χ0v) is 21.5. The summed E-state index contributed by atoms with van der Waals surface area (Å²) in [5.74, 6) is 7.32. The van der Waals surface area contributed by atoms with Crippen LogP contribution in [0.4, 0.5) is 0 Å². The molecule has 6 rings (SSSR count). The van der Waals surface area contributed by atoms with Gasteiger partial charge in [0.05, 0.1) is 6.10 Å². The Labute approximate surface area is 192 Å². The molecular weight excluding hydrogens is 376 g/mol. The van der Waals surface area contributed by atoms with Gasteiger partial charge in [0.2, 0.25) is 0 Å². The van der Waals surface area contributed by atoms with Crippen LogP contribution in [-0.2, 0) is 4.74 Å². The molecule has 1 heteroatoms. The van der Waals surface area contributed by atoms with Gasteiger partial charge in [-0.3, -0.25) is 0 Å². The minimum absolute atomic E-state index is 0.553. The smallest absolute Gasteiger partial charge is 0.0638 e. The van der Waals surface area contributed by atoms with E-state index < -0.39 is 0 Å². The molecule has 5 fully saturated rings. The minimum atomic E-state index is 0.553. The van der Waals surface area contributed by atoms with E-state index in [4.69, 9.17) is 4.74 Å². The Hall–Kier alpha value is -0.300. The van der Waals surface area contributed by atoms with E-state index in [1.165, 1.54) is 57.8 Å². The van der Waals surface area contributed by atoms with Gasteiger partial charge in [-0.05, 0) is 117 Å². The van der Waals surface area contributed by atoms with Gasteiger partial charge in [-0.25, -0.2) is 0 Å². The average molecular weight is 425 g/mol. The molecule has 0 amide bonds. The van der Waals surface area contributed by atoms with Crippen LogP contribution in [0.3, 0.4) is 0 Å². The minimum Gasteiger partial charge on any atom is -0.381 e. The molecule has 31 heavy (non-hydrogen) atoms. The Morgan fingerprint density at radius 1 is 1.00 bits per heavy atom. The lowest BCUT2D eigenvalue weighted by Gasteiger charge is -2.61. The van der Waals surface area contributed by atoms with Gasteiger partial charge in [-0.15, -0.1) is 0 Å². The van der Waals surface area contributed by atoms with Crippen LogP contribution in [0.5, 0.6) is 0 Å². The van der Waals surface area contributed by atoms with E-state index in [-0.39, 0.29) is 0 Å². The van der Waals surface area contributed by atoms with Crippen molar-refractivity contribution < 1.29 is 4.74 Å². The third-order valence-electron chi connectivity index (χ3n) is 13.1. The topological polar surface area (TPSA) is 9.23 Å². The summed E-state index contributed by atoms with van der Waals surface area (Å²) in [6.07, 6.45) is 13.9. The zero-order valence-electron chi connectivity index (χ0n) is 21.5. The van der Waals surface area contributed by atoms with Crippen molar-refractivity contribution in [3.63, 3.8) is 0 Å². The fourth-order valence-electron chi connectivity index (χ4n) is 11.7. The van der Waals surface area contributed by atoms with Gasteiger partial charge in [-0.1, -0.05) is 45.8 Å². The molecule has 6 aliphatic carbocycles. The molecule has 1 nitrogen and oxygen atoms in total. The number of hydrogen-bond donors (Lipinski definition) is 0. The first-order chi connectivity index (χ1) is 14.7. The van der Waals surface area contributed by atoms with Gasteiger partial charge in [0, 0.05) is 18.4 Å². The first-order valence-electron chi connectivity index (χ1n) is 13.9. The van der Waals surface area contributed by atoms with Crippen molar-refractivity contribution in [3.05, 3.63) is 11.1 Å². The normalized spacial score (nSPS) is 55.5. The number of allylic oxidation sites excluding steroid dienone is 2. The number of ether oxygens (including phenoxy) is 1. The molecule has 11 atom stereocenters. The first-order valence-corrected chi connectivity index (χ1v) is 13.9. The summed E-state index contributed by atoms with van der Waals surface area (Å²) < 4.78 is 6.32. The van der Waals surface area contributed by atoms with Crippen LogP contribution in [0.1, 0.15) is 99.3 Å². The molecule has 6 aliphatic rings. The maximum Gasteiger partial charge on any atom is 0.0638 e. The predicted octanol–water partition coefficient (Wildman–Crippen LogP) is 7.90. The molecular formula is C30H48O. The van der Waals surface area contributed by atoms with Crippen molar-refractivity contribution in [1.82, 2.24) is 0 Å². The highest BCUT2D eigenvalue weighted by Crippen LogP contribution is 2.82. The zero-order chi connectivity index (χ0) is 21.9. The highest BCUT2D eigenvalue weighted by molar-refractivity contribution is 5.40. The van der Waals surface area contributed by atoms with Crippen molar-refractivity contribution in [2.24, 2.45) is 63.6 Å². The van der Waals surface area contributed by atoms with Crippen LogP contribution in [-0.4, -0.2) is 13.2 Å². The number of rotatable bonds is 5. The van der Waals surface area contributed by atoms with E-state index in [2.05, 4.69) is 41.5 Å². The number of fused-ring (bicyclic) bond motifs is 4. The van der Waals surface area contributed by atoms with Crippen LogP contribution >= 0.6 is 0 Å². The lowest BCUT2D eigenvalue weighted by Crippen LogP contribution is -2.57. The van der Waals surface area contributed by atoms with Gasteiger partial charge >= 0.3 is 0 Å². The van der Waals surface area contributed by atoms with Crippen molar-refractivity contribution in [1.29, 1.82) is 0 Å². The highest BCUT2D eigenvalue weighted by atomic mass is 16.5. The molecule has 0 N–H and O–H groups in total. The van der Waals surface area contributed by atoms with Crippen LogP contribution in [0, 0.1) is 63.6 Å². The fourth-order valence-corrected chi connectivity index (χ4v) is 11.7. The monoisotopic (exact) mass is 424 g/mol. The van der Waals surface area contributed by atoms with E-state index in [9.17, 15) is 0 Å². The summed E-state index contributed by atoms with van der Waals surface area (Å²) in [4.78, 5) is 0. The van der Waals surface area contributed by atoms with Gasteiger partial charge in [0.1, 0.15) is 0 Å². The molecule has 0 aliphatic heterocycles. The van der Waals surface area contributed by atoms with Gasteiger partial charge < -0.3 is 4.74 Å². The van der Waals surface area contributed by atoms with Crippen LogP contribution in [0.15, 0.2) is 11.1 Å². The summed E-state index contributed by atoms with van der Waals surface area (Å²) >= 11 is 0.